The first-order valence-electron chi connectivity index (χ1n) is 14.5. The van der Waals surface area contributed by atoms with Gasteiger partial charge in [-0.2, -0.15) is 0 Å². The first-order chi connectivity index (χ1) is 21.9. The number of rotatable bonds is 9. The number of ether oxygens (including phenoxy) is 2. The van der Waals surface area contributed by atoms with Crippen LogP contribution in [0.25, 0.3) is 10.8 Å². The molecule has 0 bridgehead atoms. The first-order valence-corrected chi connectivity index (χ1v) is 15.4. The molecule has 1 fully saturated rings. The molecule has 10 nitrogen and oxygen atoms in total. The molecule has 2 atom stereocenters. The lowest BCUT2D eigenvalue weighted by Crippen LogP contribution is -2.41. The van der Waals surface area contributed by atoms with Crippen LogP contribution in [-0.4, -0.2) is 52.2 Å². The second-order valence-corrected chi connectivity index (χ2v) is 11.6. The van der Waals surface area contributed by atoms with E-state index in [1.165, 1.54) is 11.8 Å². The number of fused-ring (bicyclic) bond motifs is 1. The molecule has 1 aromatic heterocycles. The van der Waals surface area contributed by atoms with Gasteiger partial charge in [0.1, 0.15) is 23.7 Å². The Morgan fingerprint density at radius 2 is 1.91 bits per heavy atom. The van der Waals surface area contributed by atoms with Crippen LogP contribution in [0.15, 0.2) is 108 Å². The highest BCUT2D eigenvalue weighted by Gasteiger charge is 2.40. The number of nitrogens with zero attached hydrogens (tertiary/aromatic N) is 3. The first kappa shape index (κ1) is 29.9. The summed E-state index contributed by atoms with van der Waals surface area (Å²) in [5.74, 6) is 0.250. The number of hydrogen-bond acceptors (Lipinski definition) is 8. The maximum Gasteiger partial charge on any atom is 0.408 e. The van der Waals surface area contributed by atoms with Gasteiger partial charge in [-0.15, -0.1) is 0 Å². The van der Waals surface area contributed by atoms with Gasteiger partial charge in [0.15, 0.2) is 5.17 Å². The van der Waals surface area contributed by atoms with Crippen LogP contribution in [0, 0.1) is 0 Å². The molecule has 228 valence electrons. The Hall–Kier alpha value is -5.16. The number of benzene rings is 3. The van der Waals surface area contributed by atoms with E-state index in [-0.39, 0.29) is 12.5 Å². The molecule has 4 aromatic rings. The zero-order valence-electron chi connectivity index (χ0n) is 24.5. The van der Waals surface area contributed by atoms with Crippen LogP contribution in [0.3, 0.4) is 0 Å². The van der Waals surface area contributed by atoms with E-state index in [9.17, 15) is 14.4 Å². The van der Waals surface area contributed by atoms with E-state index in [1.54, 1.807) is 36.4 Å². The SMILES string of the molecule is C[C@H](NC(=O)OCc1ccccc1)C(=O)Nc1ccc(C2S/C(=N\c3cccc4ccncc34)N(CC3=CCCO3)C2=O)cc1. The van der Waals surface area contributed by atoms with E-state index in [2.05, 4.69) is 15.6 Å². The van der Waals surface area contributed by atoms with E-state index in [0.717, 1.165) is 39.8 Å². The molecule has 0 spiro atoms. The van der Waals surface area contributed by atoms with Crippen molar-refractivity contribution in [2.75, 3.05) is 18.5 Å². The molecule has 2 aliphatic rings. The van der Waals surface area contributed by atoms with Gasteiger partial charge in [-0.3, -0.25) is 19.5 Å². The molecule has 3 aromatic carbocycles. The Kier molecular flexibility index (Phi) is 9.06. The fourth-order valence-electron chi connectivity index (χ4n) is 4.93. The molecule has 3 heterocycles. The molecule has 0 saturated carbocycles. The fraction of sp³-hybridized carbons (Fsp3) is 0.206. The van der Waals surface area contributed by atoms with Gasteiger partial charge in [0, 0.05) is 29.9 Å². The maximum absolute atomic E-state index is 13.8. The Labute approximate surface area is 264 Å². The van der Waals surface area contributed by atoms with E-state index >= 15 is 0 Å². The molecule has 2 aliphatic heterocycles. The Morgan fingerprint density at radius 3 is 2.69 bits per heavy atom. The molecule has 45 heavy (non-hydrogen) atoms. The summed E-state index contributed by atoms with van der Waals surface area (Å²) in [6.07, 6.45) is 5.64. The zero-order chi connectivity index (χ0) is 31.2. The molecule has 1 unspecified atom stereocenters. The number of carbonyl (C=O) groups excluding carboxylic acids is 3. The van der Waals surface area contributed by atoms with Crippen molar-refractivity contribution < 1.29 is 23.9 Å². The number of anilines is 1. The number of amidine groups is 1. The van der Waals surface area contributed by atoms with E-state index < -0.39 is 23.3 Å². The second-order valence-electron chi connectivity index (χ2n) is 10.5. The summed E-state index contributed by atoms with van der Waals surface area (Å²) in [6, 6.07) is 23.3. The van der Waals surface area contributed by atoms with Gasteiger partial charge in [-0.05, 0) is 53.8 Å². The van der Waals surface area contributed by atoms with Crippen molar-refractivity contribution in [1.29, 1.82) is 0 Å². The normalized spacial score (nSPS) is 17.6. The number of thioether (sulfide) groups is 1. The lowest BCUT2D eigenvalue weighted by Gasteiger charge is -2.17. The Bertz CT molecular complexity index is 1770. The van der Waals surface area contributed by atoms with Gasteiger partial charge in [0.05, 0.1) is 18.8 Å². The van der Waals surface area contributed by atoms with Crippen LogP contribution in [0.4, 0.5) is 16.2 Å². The van der Waals surface area contributed by atoms with E-state index in [1.807, 2.05) is 72.8 Å². The van der Waals surface area contributed by atoms with E-state index in [4.69, 9.17) is 14.5 Å². The molecular weight excluding hydrogens is 590 g/mol. The highest BCUT2D eigenvalue weighted by atomic mass is 32.2. The largest absolute Gasteiger partial charge is 0.496 e. The number of nitrogens with one attached hydrogen (secondary N) is 2. The smallest absolute Gasteiger partial charge is 0.408 e. The van der Waals surface area contributed by atoms with Crippen LogP contribution in [0.5, 0.6) is 0 Å². The van der Waals surface area contributed by atoms with Crippen LogP contribution >= 0.6 is 11.8 Å². The van der Waals surface area contributed by atoms with Crippen molar-refractivity contribution in [2.45, 2.75) is 31.2 Å². The molecule has 0 radical (unpaired) electrons. The van der Waals surface area contributed by atoms with Crippen molar-refractivity contribution >= 4 is 57.0 Å². The lowest BCUT2D eigenvalue weighted by atomic mass is 10.1. The number of alkyl carbamates (subject to hydrolysis) is 1. The quantitative estimate of drug-likeness (QED) is 0.232. The van der Waals surface area contributed by atoms with Gasteiger partial charge < -0.3 is 20.1 Å². The lowest BCUT2D eigenvalue weighted by molar-refractivity contribution is -0.126. The summed E-state index contributed by atoms with van der Waals surface area (Å²) in [6.45, 7) is 2.59. The van der Waals surface area contributed by atoms with Crippen molar-refractivity contribution in [3.63, 3.8) is 0 Å². The van der Waals surface area contributed by atoms with Gasteiger partial charge >= 0.3 is 6.09 Å². The van der Waals surface area contributed by atoms with Crippen molar-refractivity contribution in [2.24, 2.45) is 4.99 Å². The summed E-state index contributed by atoms with van der Waals surface area (Å²) in [4.78, 5) is 49.5. The molecule has 2 N–H and O–H groups in total. The molecule has 11 heteroatoms. The van der Waals surface area contributed by atoms with Gasteiger partial charge in [-0.25, -0.2) is 9.79 Å². The van der Waals surface area contributed by atoms with Gasteiger partial charge in [0.25, 0.3) is 0 Å². The van der Waals surface area contributed by atoms with Crippen LogP contribution in [0.2, 0.25) is 0 Å². The van der Waals surface area contributed by atoms with Crippen molar-refractivity contribution in [3.8, 4) is 0 Å². The topological polar surface area (TPSA) is 122 Å². The Balaban J connectivity index is 1.13. The molecular formula is C34H31N5O5S. The number of carbonyl (C=O) groups is 3. The average Bonchev–Trinajstić information content (AvgIpc) is 3.69. The average molecular weight is 622 g/mol. The third-order valence-electron chi connectivity index (χ3n) is 7.33. The predicted molar refractivity (Wildman–Crippen MR) is 174 cm³/mol. The minimum Gasteiger partial charge on any atom is -0.496 e. The summed E-state index contributed by atoms with van der Waals surface area (Å²) < 4.78 is 10.9. The number of amides is 3. The minimum atomic E-state index is -0.830. The number of aliphatic imine (C=N–C) groups is 1. The number of aromatic nitrogens is 1. The summed E-state index contributed by atoms with van der Waals surface area (Å²) in [5, 5.41) is 7.31. The van der Waals surface area contributed by atoms with Crippen molar-refractivity contribution in [3.05, 3.63) is 114 Å². The zero-order valence-corrected chi connectivity index (χ0v) is 25.3. The summed E-state index contributed by atoms with van der Waals surface area (Å²) in [5.41, 5.74) is 2.88. The maximum atomic E-state index is 13.8. The fourth-order valence-corrected chi connectivity index (χ4v) is 6.09. The van der Waals surface area contributed by atoms with Crippen LogP contribution in [-0.2, 0) is 25.7 Å². The third kappa shape index (κ3) is 7.15. The summed E-state index contributed by atoms with van der Waals surface area (Å²) in [7, 11) is 0. The second kappa shape index (κ2) is 13.6. The molecule has 6 rings (SSSR count). The van der Waals surface area contributed by atoms with Gasteiger partial charge in [0.2, 0.25) is 11.8 Å². The minimum absolute atomic E-state index is 0.0999. The summed E-state index contributed by atoms with van der Waals surface area (Å²) >= 11 is 1.38. The van der Waals surface area contributed by atoms with Crippen molar-refractivity contribution in [1.82, 2.24) is 15.2 Å². The molecule has 0 aliphatic carbocycles. The van der Waals surface area contributed by atoms with Gasteiger partial charge in [-0.1, -0.05) is 66.4 Å². The number of pyridine rings is 1. The highest BCUT2D eigenvalue weighted by Crippen LogP contribution is 2.42. The Morgan fingerprint density at radius 1 is 1.09 bits per heavy atom. The van der Waals surface area contributed by atoms with Crippen LogP contribution in [0.1, 0.15) is 29.7 Å². The van der Waals surface area contributed by atoms with Crippen LogP contribution < -0.4 is 10.6 Å². The third-order valence-corrected chi connectivity index (χ3v) is 8.57. The molecule has 1 saturated heterocycles. The molecule has 3 amide bonds. The standard InChI is InChI=1S/C34H31N5O5S/c1-22(36-34(42)44-21-23-7-3-2-4-8-23)31(40)37-26-14-12-25(13-15-26)30-32(41)39(20-27-10-6-18-43-27)33(45-30)38-29-11-5-9-24-16-17-35-19-28(24)29/h2-5,7-17,19,22,30H,6,18,20-21H2,1H3,(H,36,42)(H,37,40)/b38-33-/t22-,30?/m0/s1. The van der Waals surface area contributed by atoms with E-state index in [0.29, 0.717) is 24.0 Å². The monoisotopic (exact) mass is 621 g/mol. The highest BCUT2D eigenvalue weighted by molar-refractivity contribution is 8.15. The number of hydrogen-bond donors (Lipinski definition) is 2. The predicted octanol–water partition coefficient (Wildman–Crippen LogP) is 6.10.